The summed E-state index contributed by atoms with van der Waals surface area (Å²) in [4.78, 5) is 15.7. The lowest BCUT2D eigenvalue weighted by molar-refractivity contribution is -0.141. The third kappa shape index (κ3) is 5.75. The molecule has 1 aromatic rings. The molecule has 0 fully saturated rings. The van der Waals surface area contributed by atoms with Gasteiger partial charge in [-0.2, -0.15) is 13.2 Å². The molecule has 1 rings (SSSR count). The molecule has 0 aromatic carbocycles. The van der Waals surface area contributed by atoms with Crippen LogP contribution in [0.2, 0.25) is 0 Å². The van der Waals surface area contributed by atoms with Crippen LogP contribution >= 0.6 is 0 Å². The fourth-order valence-electron chi connectivity index (χ4n) is 1.84. The molecule has 0 aliphatic rings. The van der Waals surface area contributed by atoms with E-state index < -0.39 is 38.8 Å². The van der Waals surface area contributed by atoms with Gasteiger partial charge in [0.2, 0.25) is 10.0 Å². The first-order chi connectivity index (χ1) is 11.4. The van der Waals surface area contributed by atoms with Crippen molar-refractivity contribution < 1.29 is 31.1 Å². The molecule has 0 spiro atoms. The summed E-state index contributed by atoms with van der Waals surface area (Å²) in [6, 6.07) is 3.16. The summed E-state index contributed by atoms with van der Waals surface area (Å²) >= 11 is 0. The second kappa shape index (κ2) is 8.24. The first-order valence-corrected chi connectivity index (χ1v) is 9.03. The normalized spacial score (nSPS) is 13.0. The van der Waals surface area contributed by atoms with E-state index in [0.717, 1.165) is 12.1 Å². The van der Waals surface area contributed by atoms with Gasteiger partial charge in [0.1, 0.15) is 10.4 Å². The number of nitrogens with one attached hydrogen (secondary N) is 1. The molecule has 1 N–H and O–H groups in total. The van der Waals surface area contributed by atoms with Gasteiger partial charge in [-0.1, -0.05) is 6.07 Å². The monoisotopic (exact) mass is 382 g/mol. The maximum Gasteiger partial charge on any atom is 0.433 e. The van der Waals surface area contributed by atoms with Crippen molar-refractivity contribution in [3.8, 4) is 0 Å². The van der Waals surface area contributed by atoms with E-state index in [-0.39, 0.29) is 18.8 Å². The highest BCUT2D eigenvalue weighted by Crippen LogP contribution is 2.28. The molecule has 0 saturated heterocycles. The maximum absolute atomic E-state index is 12.7. The number of hydrogen-bond acceptors (Lipinski definition) is 5. The number of alkyl halides is 3. The standard InChI is InChI=1S/C15H21F3N2O4S/c1-4-24-9-8-19-25(22,23)14(2,3)13(21)10-11-6-5-7-12(20-11)15(16,17)18/h5-7,19H,4,8-10H2,1-3H3. The number of pyridine rings is 1. The third-order valence-corrected chi connectivity index (χ3v) is 5.68. The summed E-state index contributed by atoms with van der Waals surface area (Å²) in [5.74, 6) is -0.761. The zero-order chi connectivity index (χ0) is 19.3. The summed E-state index contributed by atoms with van der Waals surface area (Å²) in [6.45, 7) is 4.72. The molecule has 25 heavy (non-hydrogen) atoms. The van der Waals surface area contributed by atoms with Crippen molar-refractivity contribution in [2.75, 3.05) is 19.8 Å². The fourth-order valence-corrected chi connectivity index (χ4v) is 2.92. The van der Waals surface area contributed by atoms with Gasteiger partial charge < -0.3 is 4.74 Å². The van der Waals surface area contributed by atoms with Crippen LogP contribution in [0.5, 0.6) is 0 Å². The Morgan fingerprint density at radius 2 is 1.92 bits per heavy atom. The molecule has 0 unspecified atom stereocenters. The van der Waals surface area contributed by atoms with Crippen LogP contribution in [0.4, 0.5) is 13.2 Å². The Balaban J connectivity index is 2.87. The van der Waals surface area contributed by atoms with Crippen LogP contribution in [0.3, 0.4) is 0 Å². The molecule has 0 saturated carbocycles. The highest BCUT2D eigenvalue weighted by atomic mass is 32.2. The summed E-state index contributed by atoms with van der Waals surface area (Å²) in [5.41, 5.74) is -1.27. The Hall–Kier alpha value is -1.52. The van der Waals surface area contributed by atoms with E-state index in [4.69, 9.17) is 4.74 Å². The topological polar surface area (TPSA) is 85.4 Å². The Morgan fingerprint density at radius 3 is 2.48 bits per heavy atom. The summed E-state index contributed by atoms with van der Waals surface area (Å²) < 4.78 is 68.0. The van der Waals surface area contributed by atoms with Gasteiger partial charge in [0.05, 0.1) is 13.0 Å². The molecule has 0 atom stereocenters. The average Bonchev–Trinajstić information content (AvgIpc) is 2.50. The molecule has 6 nitrogen and oxygen atoms in total. The highest BCUT2D eigenvalue weighted by molar-refractivity contribution is 7.91. The molecule has 0 aliphatic carbocycles. The zero-order valence-corrected chi connectivity index (χ0v) is 15.0. The molecular formula is C15H21F3N2O4S. The van der Waals surface area contributed by atoms with Gasteiger partial charge in [-0.15, -0.1) is 0 Å². The van der Waals surface area contributed by atoms with Crippen LogP contribution in [0, 0.1) is 0 Å². The van der Waals surface area contributed by atoms with Gasteiger partial charge in [0.15, 0.2) is 5.78 Å². The molecule has 142 valence electrons. The Morgan fingerprint density at radius 1 is 1.28 bits per heavy atom. The number of sulfonamides is 1. The van der Waals surface area contributed by atoms with Crippen molar-refractivity contribution in [1.82, 2.24) is 9.71 Å². The van der Waals surface area contributed by atoms with Crippen LogP contribution in [-0.4, -0.2) is 43.7 Å². The quantitative estimate of drug-likeness (QED) is 0.660. The predicted molar refractivity (Wildman–Crippen MR) is 85.4 cm³/mol. The largest absolute Gasteiger partial charge is 0.433 e. The van der Waals surface area contributed by atoms with Crippen molar-refractivity contribution in [3.05, 3.63) is 29.6 Å². The fraction of sp³-hybridized carbons (Fsp3) is 0.600. The minimum absolute atomic E-state index is 0.00527. The summed E-state index contributed by atoms with van der Waals surface area (Å²) in [7, 11) is -4.03. The van der Waals surface area contributed by atoms with Crippen LogP contribution in [-0.2, 0) is 32.2 Å². The number of ether oxygens (including phenoxy) is 1. The lowest BCUT2D eigenvalue weighted by Crippen LogP contribution is -2.49. The van der Waals surface area contributed by atoms with E-state index in [0.29, 0.717) is 6.61 Å². The van der Waals surface area contributed by atoms with E-state index in [1.54, 1.807) is 6.92 Å². The molecule has 10 heteroatoms. The average molecular weight is 382 g/mol. The van der Waals surface area contributed by atoms with Gasteiger partial charge in [-0.25, -0.2) is 18.1 Å². The van der Waals surface area contributed by atoms with Gasteiger partial charge in [0.25, 0.3) is 0 Å². The number of nitrogens with zero attached hydrogens (tertiary/aromatic N) is 1. The minimum Gasteiger partial charge on any atom is -0.380 e. The van der Waals surface area contributed by atoms with Crippen LogP contribution in [0.15, 0.2) is 18.2 Å². The number of aromatic nitrogens is 1. The van der Waals surface area contributed by atoms with E-state index in [9.17, 15) is 26.4 Å². The van der Waals surface area contributed by atoms with Crippen LogP contribution in [0.25, 0.3) is 0 Å². The number of carbonyl (C=O) groups is 1. The number of rotatable bonds is 9. The number of ketones is 1. The molecule has 0 aliphatic heterocycles. The number of Topliss-reactive ketones (excluding diaryl/α,β-unsaturated/α-hetero) is 1. The van der Waals surface area contributed by atoms with Gasteiger partial charge in [-0.05, 0) is 32.9 Å². The Labute approximate surface area is 144 Å². The highest BCUT2D eigenvalue weighted by Gasteiger charge is 2.41. The minimum atomic E-state index is -4.64. The number of carbonyl (C=O) groups excluding carboxylic acids is 1. The Kier molecular flexibility index (Phi) is 7.09. The van der Waals surface area contributed by atoms with Crippen molar-refractivity contribution in [2.24, 2.45) is 0 Å². The molecule has 0 radical (unpaired) electrons. The molecule has 0 amide bonds. The second-order valence-corrected chi connectivity index (χ2v) is 8.03. The smallest absolute Gasteiger partial charge is 0.380 e. The molecule has 1 heterocycles. The summed E-state index contributed by atoms with van der Waals surface area (Å²) in [6.07, 6.45) is -5.16. The van der Waals surface area contributed by atoms with Crippen molar-refractivity contribution in [1.29, 1.82) is 0 Å². The molecule has 0 bridgehead atoms. The second-order valence-electron chi connectivity index (χ2n) is 5.72. The maximum atomic E-state index is 12.7. The Bertz CT molecular complexity index is 703. The van der Waals surface area contributed by atoms with E-state index in [2.05, 4.69) is 9.71 Å². The molecular weight excluding hydrogens is 361 g/mol. The first kappa shape index (κ1) is 21.5. The summed E-state index contributed by atoms with van der Waals surface area (Å²) in [5, 5.41) is 0. The van der Waals surface area contributed by atoms with E-state index in [1.165, 1.54) is 19.9 Å². The number of hydrogen-bond donors (Lipinski definition) is 1. The van der Waals surface area contributed by atoms with E-state index >= 15 is 0 Å². The van der Waals surface area contributed by atoms with Gasteiger partial charge >= 0.3 is 6.18 Å². The van der Waals surface area contributed by atoms with Crippen LogP contribution in [0.1, 0.15) is 32.2 Å². The molecule has 1 aromatic heterocycles. The van der Waals surface area contributed by atoms with Gasteiger partial charge in [0, 0.05) is 18.8 Å². The van der Waals surface area contributed by atoms with Crippen molar-refractivity contribution in [2.45, 2.75) is 38.1 Å². The van der Waals surface area contributed by atoms with Crippen molar-refractivity contribution >= 4 is 15.8 Å². The van der Waals surface area contributed by atoms with E-state index in [1.807, 2.05) is 0 Å². The first-order valence-electron chi connectivity index (χ1n) is 7.55. The lowest BCUT2D eigenvalue weighted by atomic mass is 10.0. The predicted octanol–water partition coefficient (Wildman–Crippen LogP) is 1.95. The van der Waals surface area contributed by atoms with Crippen molar-refractivity contribution in [3.63, 3.8) is 0 Å². The van der Waals surface area contributed by atoms with Crippen LogP contribution < -0.4 is 4.72 Å². The third-order valence-electron chi connectivity index (χ3n) is 3.52. The lowest BCUT2D eigenvalue weighted by Gasteiger charge is -2.23. The zero-order valence-electron chi connectivity index (χ0n) is 14.2. The van der Waals surface area contributed by atoms with Gasteiger partial charge in [-0.3, -0.25) is 4.79 Å². The SMILES string of the molecule is CCOCCNS(=O)(=O)C(C)(C)C(=O)Cc1cccc(C(F)(F)F)n1. The number of halogens is 3.